The average Bonchev–Trinajstić information content (AvgIpc) is 3.08. The summed E-state index contributed by atoms with van der Waals surface area (Å²) in [6, 6.07) is 23.0. The van der Waals surface area contributed by atoms with Crippen LogP contribution in [-0.4, -0.2) is 49.2 Å². The topological polar surface area (TPSA) is 97.8 Å². The number of imide groups is 1. The summed E-state index contributed by atoms with van der Waals surface area (Å²) in [5.74, 6) is -2.53. The zero-order valence-electron chi connectivity index (χ0n) is 18.5. The largest absolute Gasteiger partial charge is 0.451 e. The summed E-state index contributed by atoms with van der Waals surface area (Å²) in [4.78, 5) is 40.4. The molecule has 0 N–H and O–H groups in total. The van der Waals surface area contributed by atoms with E-state index in [4.69, 9.17) is 4.74 Å². The first-order chi connectivity index (χ1) is 16.3. The number of carbonyl (C=O) groups is 3. The zero-order chi connectivity index (χ0) is 24.3. The summed E-state index contributed by atoms with van der Waals surface area (Å²) in [5.41, 5.74) is 1.75. The number of hydrogen-bond acceptors (Lipinski definition) is 6. The van der Waals surface area contributed by atoms with Crippen LogP contribution in [0, 0.1) is 0 Å². The number of amides is 2. The molecular formula is C26H23NO6S. The molecule has 2 amide bonds. The molecule has 8 heteroatoms. The standard InChI is InChI=1S/C26H23NO6S/c1-34(31,32)17-16-22(27-24(28)20-14-8-9-15-21(20)25(27)29)26(30)33-23(18-10-4-2-5-11-18)19-12-6-3-7-13-19/h2-15,22-23H,16-17H2,1H3. The minimum Gasteiger partial charge on any atom is -0.451 e. The van der Waals surface area contributed by atoms with Crippen LogP contribution in [-0.2, 0) is 19.4 Å². The number of hydrogen-bond donors (Lipinski definition) is 0. The number of ether oxygens (including phenoxy) is 1. The number of sulfone groups is 1. The molecule has 34 heavy (non-hydrogen) atoms. The average molecular weight is 478 g/mol. The molecule has 174 valence electrons. The van der Waals surface area contributed by atoms with Crippen molar-refractivity contribution in [2.45, 2.75) is 18.6 Å². The molecule has 1 aliphatic rings. The molecule has 0 saturated carbocycles. The van der Waals surface area contributed by atoms with Gasteiger partial charge in [0.15, 0.2) is 6.10 Å². The van der Waals surface area contributed by atoms with Crippen LogP contribution in [0.5, 0.6) is 0 Å². The van der Waals surface area contributed by atoms with Gasteiger partial charge in [0.25, 0.3) is 11.8 Å². The van der Waals surface area contributed by atoms with Crippen molar-refractivity contribution in [1.29, 1.82) is 0 Å². The van der Waals surface area contributed by atoms with Crippen LogP contribution in [0.2, 0.25) is 0 Å². The van der Waals surface area contributed by atoms with Crippen LogP contribution < -0.4 is 0 Å². The van der Waals surface area contributed by atoms with Gasteiger partial charge in [-0.2, -0.15) is 0 Å². The third-order valence-corrected chi connectivity index (χ3v) is 6.59. The molecule has 0 fully saturated rings. The highest BCUT2D eigenvalue weighted by atomic mass is 32.2. The smallest absolute Gasteiger partial charge is 0.330 e. The molecule has 0 radical (unpaired) electrons. The lowest BCUT2D eigenvalue weighted by Crippen LogP contribution is -2.46. The van der Waals surface area contributed by atoms with Gasteiger partial charge in [-0.05, 0) is 29.7 Å². The van der Waals surface area contributed by atoms with Crippen molar-refractivity contribution in [3.63, 3.8) is 0 Å². The Morgan fingerprint density at radius 3 is 1.68 bits per heavy atom. The van der Waals surface area contributed by atoms with Crippen LogP contribution in [0.3, 0.4) is 0 Å². The molecule has 1 aliphatic heterocycles. The van der Waals surface area contributed by atoms with Gasteiger partial charge in [0.05, 0.1) is 16.9 Å². The number of carbonyl (C=O) groups excluding carboxylic acids is 3. The van der Waals surface area contributed by atoms with Crippen molar-refractivity contribution in [2.24, 2.45) is 0 Å². The van der Waals surface area contributed by atoms with Gasteiger partial charge in [-0.3, -0.25) is 14.5 Å². The fourth-order valence-electron chi connectivity index (χ4n) is 3.95. The molecular weight excluding hydrogens is 454 g/mol. The summed E-state index contributed by atoms with van der Waals surface area (Å²) < 4.78 is 29.6. The minimum atomic E-state index is -3.47. The van der Waals surface area contributed by atoms with E-state index in [1.807, 2.05) is 36.4 Å². The third-order valence-electron chi connectivity index (χ3n) is 5.61. The van der Waals surface area contributed by atoms with Gasteiger partial charge in [0.2, 0.25) is 0 Å². The molecule has 7 nitrogen and oxygen atoms in total. The Kier molecular flexibility index (Phi) is 6.61. The number of esters is 1. The quantitative estimate of drug-likeness (QED) is 0.364. The van der Waals surface area contributed by atoms with Gasteiger partial charge in [-0.15, -0.1) is 0 Å². The first-order valence-electron chi connectivity index (χ1n) is 10.7. The molecule has 3 aromatic rings. The first kappa shape index (κ1) is 23.4. The van der Waals surface area contributed by atoms with E-state index in [-0.39, 0.29) is 23.3 Å². The Balaban J connectivity index is 1.69. The first-order valence-corrected chi connectivity index (χ1v) is 12.8. The summed E-state index contributed by atoms with van der Waals surface area (Å²) in [7, 11) is -3.47. The maximum atomic E-state index is 13.5. The van der Waals surface area contributed by atoms with Crippen molar-refractivity contribution < 1.29 is 27.5 Å². The van der Waals surface area contributed by atoms with E-state index >= 15 is 0 Å². The van der Waals surface area contributed by atoms with Gasteiger partial charge in [0.1, 0.15) is 15.9 Å². The van der Waals surface area contributed by atoms with Crippen LogP contribution in [0.15, 0.2) is 84.9 Å². The van der Waals surface area contributed by atoms with Crippen LogP contribution in [0.1, 0.15) is 44.4 Å². The van der Waals surface area contributed by atoms with Gasteiger partial charge in [-0.1, -0.05) is 72.8 Å². The van der Waals surface area contributed by atoms with Gasteiger partial charge in [-0.25, -0.2) is 13.2 Å². The fourth-order valence-corrected chi connectivity index (χ4v) is 4.60. The summed E-state index contributed by atoms with van der Waals surface area (Å²) in [5, 5.41) is 0. The van der Waals surface area contributed by atoms with Crippen molar-refractivity contribution in [3.8, 4) is 0 Å². The fraction of sp³-hybridized carbons (Fsp3) is 0.192. The lowest BCUT2D eigenvalue weighted by atomic mass is 10.0. The molecule has 0 bridgehead atoms. The van der Waals surface area contributed by atoms with E-state index in [0.29, 0.717) is 11.1 Å². The highest BCUT2D eigenvalue weighted by molar-refractivity contribution is 7.90. The second-order valence-electron chi connectivity index (χ2n) is 8.10. The Morgan fingerprint density at radius 1 is 0.794 bits per heavy atom. The minimum absolute atomic E-state index is 0.173. The summed E-state index contributed by atoms with van der Waals surface area (Å²) in [6.07, 6.45) is -0.0284. The van der Waals surface area contributed by atoms with E-state index in [9.17, 15) is 22.8 Å². The van der Waals surface area contributed by atoms with E-state index in [1.54, 1.807) is 36.4 Å². The van der Waals surface area contributed by atoms with Crippen LogP contribution >= 0.6 is 0 Å². The van der Waals surface area contributed by atoms with Gasteiger partial charge >= 0.3 is 5.97 Å². The van der Waals surface area contributed by atoms with Gasteiger partial charge < -0.3 is 4.74 Å². The van der Waals surface area contributed by atoms with Gasteiger partial charge in [0, 0.05) is 6.26 Å². The second kappa shape index (κ2) is 9.61. The number of fused-ring (bicyclic) bond motifs is 1. The predicted octanol–water partition coefficient (Wildman–Crippen LogP) is 3.42. The van der Waals surface area contributed by atoms with Crippen molar-refractivity contribution >= 4 is 27.6 Å². The number of rotatable bonds is 8. The van der Waals surface area contributed by atoms with Crippen LogP contribution in [0.25, 0.3) is 0 Å². The number of nitrogens with zero attached hydrogens (tertiary/aromatic N) is 1. The van der Waals surface area contributed by atoms with Crippen molar-refractivity contribution in [1.82, 2.24) is 4.90 Å². The Bertz CT molecular complexity index is 1250. The second-order valence-corrected chi connectivity index (χ2v) is 10.4. The highest BCUT2D eigenvalue weighted by Gasteiger charge is 2.44. The lowest BCUT2D eigenvalue weighted by molar-refractivity contribution is -0.152. The van der Waals surface area contributed by atoms with Crippen molar-refractivity contribution in [2.75, 3.05) is 12.0 Å². The maximum absolute atomic E-state index is 13.5. The monoisotopic (exact) mass is 477 g/mol. The Hall–Kier alpha value is -3.78. The molecule has 0 spiro atoms. The summed E-state index contributed by atoms with van der Waals surface area (Å²) in [6.45, 7) is 0. The Labute approximate surface area is 197 Å². The lowest BCUT2D eigenvalue weighted by Gasteiger charge is -2.27. The molecule has 4 rings (SSSR count). The number of benzene rings is 3. The molecule has 0 saturated heterocycles. The molecule has 1 atom stereocenters. The molecule has 1 unspecified atom stereocenters. The highest BCUT2D eigenvalue weighted by Crippen LogP contribution is 2.30. The maximum Gasteiger partial charge on any atom is 0.330 e. The third kappa shape index (κ3) is 4.92. The van der Waals surface area contributed by atoms with Crippen molar-refractivity contribution in [3.05, 3.63) is 107 Å². The van der Waals surface area contributed by atoms with E-state index < -0.39 is 39.8 Å². The van der Waals surface area contributed by atoms with Crippen LogP contribution in [0.4, 0.5) is 0 Å². The van der Waals surface area contributed by atoms with E-state index in [2.05, 4.69) is 0 Å². The molecule has 1 heterocycles. The SMILES string of the molecule is CS(=O)(=O)CCC(C(=O)OC(c1ccccc1)c1ccccc1)N1C(=O)c2ccccc2C1=O. The molecule has 0 aromatic heterocycles. The molecule has 0 aliphatic carbocycles. The summed E-state index contributed by atoms with van der Waals surface area (Å²) >= 11 is 0. The zero-order valence-corrected chi connectivity index (χ0v) is 19.3. The van der Waals surface area contributed by atoms with E-state index in [0.717, 1.165) is 11.2 Å². The Morgan fingerprint density at radius 2 is 1.24 bits per heavy atom. The molecule has 3 aromatic carbocycles. The predicted molar refractivity (Wildman–Crippen MR) is 126 cm³/mol. The normalized spacial score (nSPS) is 14.2. The van der Waals surface area contributed by atoms with E-state index in [1.165, 1.54) is 12.1 Å².